The van der Waals surface area contributed by atoms with E-state index < -0.39 is 17.5 Å². The maximum absolute atomic E-state index is 11.8. The van der Waals surface area contributed by atoms with Crippen molar-refractivity contribution >= 4 is 12.0 Å². The first-order chi connectivity index (χ1) is 8.93. The van der Waals surface area contributed by atoms with Crippen LogP contribution in [0.1, 0.15) is 25.8 Å². The summed E-state index contributed by atoms with van der Waals surface area (Å²) >= 11 is 0. The van der Waals surface area contributed by atoms with Crippen molar-refractivity contribution in [1.29, 1.82) is 0 Å². The van der Waals surface area contributed by atoms with Gasteiger partial charge in [-0.2, -0.15) is 0 Å². The van der Waals surface area contributed by atoms with E-state index in [1.54, 1.807) is 30.3 Å². The fourth-order valence-corrected chi connectivity index (χ4v) is 1.98. The van der Waals surface area contributed by atoms with Crippen LogP contribution in [-0.2, 0) is 10.3 Å². The predicted octanol–water partition coefficient (Wildman–Crippen LogP) is 1.69. The zero-order valence-electron chi connectivity index (χ0n) is 11.0. The summed E-state index contributed by atoms with van der Waals surface area (Å²) in [7, 11) is 0. The van der Waals surface area contributed by atoms with Crippen LogP contribution in [0.2, 0.25) is 0 Å². The van der Waals surface area contributed by atoms with E-state index in [-0.39, 0.29) is 6.04 Å². The van der Waals surface area contributed by atoms with E-state index in [2.05, 4.69) is 10.6 Å². The minimum Gasteiger partial charge on any atom is -0.479 e. The highest BCUT2D eigenvalue weighted by Gasteiger charge is 2.39. The van der Waals surface area contributed by atoms with E-state index in [4.69, 9.17) is 0 Å². The van der Waals surface area contributed by atoms with Crippen molar-refractivity contribution in [1.82, 2.24) is 10.6 Å². The standard InChI is InChI=1S/C14H18N2O3/c1-9-8-11(9)15-13(19)16-14(2,12(17)18)10-6-4-3-5-7-10/h3-7,9,11H,8H2,1-2H3,(H,17,18)(H2,15,16,19). The van der Waals surface area contributed by atoms with Crippen LogP contribution >= 0.6 is 0 Å². The number of carboxylic acids is 1. The van der Waals surface area contributed by atoms with Gasteiger partial charge in [0.25, 0.3) is 0 Å². The van der Waals surface area contributed by atoms with Gasteiger partial charge in [0.05, 0.1) is 0 Å². The van der Waals surface area contributed by atoms with E-state index >= 15 is 0 Å². The van der Waals surface area contributed by atoms with E-state index in [1.165, 1.54) is 6.92 Å². The molecule has 3 unspecified atom stereocenters. The molecular weight excluding hydrogens is 244 g/mol. The van der Waals surface area contributed by atoms with Gasteiger partial charge in [0.1, 0.15) is 0 Å². The van der Waals surface area contributed by atoms with Crippen molar-refractivity contribution in [3.05, 3.63) is 35.9 Å². The first-order valence-electron chi connectivity index (χ1n) is 6.31. The van der Waals surface area contributed by atoms with Crippen LogP contribution in [-0.4, -0.2) is 23.1 Å². The van der Waals surface area contributed by atoms with Gasteiger partial charge < -0.3 is 15.7 Å². The molecule has 19 heavy (non-hydrogen) atoms. The minimum atomic E-state index is -1.43. The Morgan fingerprint density at radius 3 is 2.37 bits per heavy atom. The number of nitrogens with one attached hydrogen (secondary N) is 2. The van der Waals surface area contributed by atoms with Gasteiger partial charge in [-0.25, -0.2) is 9.59 Å². The molecule has 5 heteroatoms. The Bertz CT molecular complexity index is 489. The molecule has 2 amide bonds. The Labute approximate surface area is 112 Å². The second-order valence-electron chi connectivity index (χ2n) is 5.21. The summed E-state index contributed by atoms with van der Waals surface area (Å²) in [5.74, 6) is -0.615. The molecule has 5 nitrogen and oxygen atoms in total. The summed E-state index contributed by atoms with van der Waals surface area (Å²) in [5.41, 5.74) is -0.884. The first kappa shape index (κ1) is 13.4. The number of benzene rings is 1. The van der Waals surface area contributed by atoms with E-state index in [9.17, 15) is 14.7 Å². The topological polar surface area (TPSA) is 78.4 Å². The monoisotopic (exact) mass is 262 g/mol. The highest BCUT2D eigenvalue weighted by atomic mass is 16.4. The van der Waals surface area contributed by atoms with Crippen LogP contribution < -0.4 is 10.6 Å². The van der Waals surface area contributed by atoms with Gasteiger partial charge in [-0.1, -0.05) is 37.3 Å². The number of carbonyl (C=O) groups is 2. The third kappa shape index (κ3) is 2.86. The summed E-state index contributed by atoms with van der Waals surface area (Å²) < 4.78 is 0. The number of urea groups is 1. The Morgan fingerprint density at radius 1 is 1.32 bits per heavy atom. The van der Waals surface area contributed by atoms with Crippen LogP contribution in [0, 0.1) is 5.92 Å². The summed E-state index contributed by atoms with van der Waals surface area (Å²) in [6.07, 6.45) is 0.947. The van der Waals surface area contributed by atoms with Gasteiger partial charge in [0, 0.05) is 6.04 Å². The number of carbonyl (C=O) groups excluding carboxylic acids is 1. The van der Waals surface area contributed by atoms with Gasteiger partial charge in [-0.3, -0.25) is 0 Å². The molecule has 0 bridgehead atoms. The second kappa shape index (κ2) is 4.91. The average molecular weight is 262 g/mol. The van der Waals surface area contributed by atoms with Crippen LogP contribution in [0.15, 0.2) is 30.3 Å². The first-order valence-corrected chi connectivity index (χ1v) is 6.31. The van der Waals surface area contributed by atoms with Crippen molar-refractivity contribution in [2.45, 2.75) is 31.8 Å². The fourth-order valence-electron chi connectivity index (χ4n) is 1.98. The normalized spacial score (nSPS) is 24.1. The lowest BCUT2D eigenvalue weighted by molar-refractivity contribution is -0.144. The lowest BCUT2D eigenvalue weighted by Gasteiger charge is -2.26. The molecule has 0 aromatic heterocycles. The molecule has 0 radical (unpaired) electrons. The Balaban J connectivity index is 2.11. The molecule has 2 rings (SSSR count). The van der Waals surface area contributed by atoms with Crippen molar-refractivity contribution in [2.24, 2.45) is 5.92 Å². The zero-order valence-corrected chi connectivity index (χ0v) is 11.0. The molecule has 102 valence electrons. The molecule has 1 aromatic carbocycles. The molecule has 1 aliphatic carbocycles. The van der Waals surface area contributed by atoms with Gasteiger partial charge in [0.15, 0.2) is 5.54 Å². The maximum Gasteiger partial charge on any atom is 0.333 e. The van der Waals surface area contributed by atoms with Crippen LogP contribution in [0.25, 0.3) is 0 Å². The molecule has 0 aliphatic heterocycles. The SMILES string of the molecule is CC1CC1NC(=O)NC(C)(C(=O)O)c1ccccc1. The minimum absolute atomic E-state index is 0.161. The number of rotatable bonds is 4. The number of aliphatic carboxylic acids is 1. The Morgan fingerprint density at radius 2 is 1.89 bits per heavy atom. The van der Waals surface area contributed by atoms with Gasteiger partial charge in [-0.05, 0) is 24.8 Å². The second-order valence-corrected chi connectivity index (χ2v) is 5.21. The third-order valence-electron chi connectivity index (χ3n) is 3.57. The third-order valence-corrected chi connectivity index (χ3v) is 3.57. The van der Waals surface area contributed by atoms with E-state index in [0.29, 0.717) is 11.5 Å². The lowest BCUT2D eigenvalue weighted by Crippen LogP contribution is -2.53. The molecule has 1 aliphatic rings. The summed E-state index contributed by atoms with van der Waals surface area (Å²) in [4.78, 5) is 23.3. The summed E-state index contributed by atoms with van der Waals surface area (Å²) in [6, 6.07) is 8.40. The molecule has 1 saturated carbocycles. The van der Waals surface area contributed by atoms with E-state index in [1.807, 2.05) is 6.92 Å². The zero-order chi connectivity index (χ0) is 14.0. The number of hydrogen-bond donors (Lipinski definition) is 3. The van der Waals surface area contributed by atoms with Gasteiger partial charge in [-0.15, -0.1) is 0 Å². The molecule has 1 aromatic rings. The smallest absolute Gasteiger partial charge is 0.333 e. The molecule has 3 N–H and O–H groups in total. The molecule has 0 saturated heterocycles. The van der Waals surface area contributed by atoms with Crippen molar-refractivity contribution in [2.75, 3.05) is 0 Å². The van der Waals surface area contributed by atoms with Crippen LogP contribution in [0.4, 0.5) is 4.79 Å². The van der Waals surface area contributed by atoms with Crippen molar-refractivity contribution < 1.29 is 14.7 Å². The van der Waals surface area contributed by atoms with Crippen LogP contribution in [0.3, 0.4) is 0 Å². The summed E-state index contributed by atoms with van der Waals surface area (Å²) in [6.45, 7) is 3.53. The quantitative estimate of drug-likeness (QED) is 0.772. The molecule has 3 atom stereocenters. The van der Waals surface area contributed by atoms with E-state index in [0.717, 1.165) is 6.42 Å². The predicted molar refractivity (Wildman–Crippen MR) is 70.7 cm³/mol. The highest BCUT2D eigenvalue weighted by Crippen LogP contribution is 2.29. The number of hydrogen-bond acceptors (Lipinski definition) is 2. The van der Waals surface area contributed by atoms with Gasteiger partial charge in [0.2, 0.25) is 0 Å². The molecular formula is C14H18N2O3. The lowest BCUT2D eigenvalue weighted by atomic mass is 9.92. The average Bonchev–Trinajstić information content (AvgIpc) is 3.05. The molecule has 0 heterocycles. The largest absolute Gasteiger partial charge is 0.479 e. The maximum atomic E-state index is 11.8. The fraction of sp³-hybridized carbons (Fsp3) is 0.429. The molecule has 1 fully saturated rings. The van der Waals surface area contributed by atoms with Crippen LogP contribution in [0.5, 0.6) is 0 Å². The number of amides is 2. The van der Waals surface area contributed by atoms with Crippen molar-refractivity contribution in [3.8, 4) is 0 Å². The highest BCUT2D eigenvalue weighted by molar-refractivity contribution is 5.87. The Hall–Kier alpha value is -2.04. The molecule has 0 spiro atoms. The van der Waals surface area contributed by atoms with Gasteiger partial charge >= 0.3 is 12.0 Å². The summed E-state index contributed by atoms with van der Waals surface area (Å²) in [5, 5.41) is 14.7. The Kier molecular flexibility index (Phi) is 3.46. The van der Waals surface area contributed by atoms with Crippen molar-refractivity contribution in [3.63, 3.8) is 0 Å². The number of carboxylic acid groups (broad SMARTS) is 1.